The van der Waals surface area contributed by atoms with Crippen LogP contribution in [0.15, 0.2) is 29.2 Å². The van der Waals surface area contributed by atoms with Crippen LogP contribution in [0.2, 0.25) is 0 Å². The highest BCUT2D eigenvalue weighted by Gasteiger charge is 2.29. The zero-order valence-corrected chi connectivity index (χ0v) is 14.1. The molecule has 0 amide bonds. The van der Waals surface area contributed by atoms with Gasteiger partial charge in [-0.3, -0.25) is 0 Å². The maximum atomic E-state index is 12.6. The van der Waals surface area contributed by atoms with Crippen LogP contribution >= 0.6 is 0 Å². The van der Waals surface area contributed by atoms with E-state index in [0.717, 1.165) is 18.4 Å². The van der Waals surface area contributed by atoms with Crippen LogP contribution in [0, 0.1) is 12.8 Å². The third kappa shape index (κ3) is 4.52. The maximum Gasteiger partial charge on any atom is 0.243 e. The Bertz CT molecular complexity index is 548. The highest BCUT2D eigenvalue weighted by molar-refractivity contribution is 7.89. The number of hydrogen-bond donors (Lipinski definition) is 0. The van der Waals surface area contributed by atoms with Gasteiger partial charge < -0.3 is 9.47 Å². The number of rotatable bonds is 7. The smallest absolute Gasteiger partial charge is 0.243 e. The first-order chi connectivity index (χ1) is 10.5. The lowest BCUT2D eigenvalue weighted by molar-refractivity contribution is 0.0410. The topological polar surface area (TPSA) is 55.8 Å². The molecular weight excluding hydrogens is 302 g/mol. The first kappa shape index (κ1) is 17.4. The molecule has 2 rings (SSSR count). The SMILES string of the molecule is COCCOCC1CCN(S(=O)(=O)c2ccc(C)cc2)CC1. The second-order valence-corrected chi connectivity index (χ2v) is 7.67. The van der Waals surface area contributed by atoms with Crippen molar-refractivity contribution in [2.75, 3.05) is 40.0 Å². The second kappa shape index (κ2) is 8.06. The van der Waals surface area contributed by atoms with Crippen LogP contribution < -0.4 is 0 Å². The molecule has 0 bridgehead atoms. The van der Waals surface area contributed by atoms with Crippen molar-refractivity contribution >= 4 is 10.0 Å². The van der Waals surface area contributed by atoms with Gasteiger partial charge in [0.25, 0.3) is 0 Å². The summed E-state index contributed by atoms with van der Waals surface area (Å²) in [5.41, 5.74) is 1.06. The molecule has 0 aliphatic carbocycles. The van der Waals surface area contributed by atoms with Crippen LogP contribution in [0.25, 0.3) is 0 Å². The van der Waals surface area contributed by atoms with E-state index in [1.54, 1.807) is 23.5 Å². The van der Waals surface area contributed by atoms with Gasteiger partial charge in [-0.1, -0.05) is 17.7 Å². The molecule has 5 nitrogen and oxygen atoms in total. The van der Waals surface area contributed by atoms with Crippen molar-refractivity contribution in [3.8, 4) is 0 Å². The summed E-state index contributed by atoms with van der Waals surface area (Å²) in [5, 5.41) is 0. The van der Waals surface area contributed by atoms with E-state index in [1.807, 2.05) is 19.1 Å². The lowest BCUT2D eigenvalue weighted by atomic mass is 9.99. The summed E-state index contributed by atoms with van der Waals surface area (Å²) >= 11 is 0. The second-order valence-electron chi connectivity index (χ2n) is 5.73. The van der Waals surface area contributed by atoms with E-state index in [4.69, 9.17) is 9.47 Å². The fraction of sp³-hybridized carbons (Fsp3) is 0.625. The normalized spacial score (nSPS) is 17.7. The van der Waals surface area contributed by atoms with E-state index in [2.05, 4.69) is 0 Å². The Morgan fingerprint density at radius 3 is 2.36 bits per heavy atom. The molecule has 1 aliphatic heterocycles. The predicted molar refractivity (Wildman–Crippen MR) is 85.4 cm³/mol. The predicted octanol–water partition coefficient (Wildman–Crippen LogP) is 2.06. The molecule has 0 unspecified atom stereocenters. The number of sulfonamides is 1. The van der Waals surface area contributed by atoms with E-state index < -0.39 is 10.0 Å². The molecule has 6 heteroatoms. The minimum absolute atomic E-state index is 0.382. The minimum atomic E-state index is -3.36. The summed E-state index contributed by atoms with van der Waals surface area (Å²) < 4.78 is 37.2. The van der Waals surface area contributed by atoms with Crippen molar-refractivity contribution < 1.29 is 17.9 Å². The van der Waals surface area contributed by atoms with Crippen molar-refractivity contribution in [3.63, 3.8) is 0 Å². The van der Waals surface area contributed by atoms with E-state index in [9.17, 15) is 8.42 Å². The Labute approximate surface area is 133 Å². The number of benzene rings is 1. The summed E-state index contributed by atoms with van der Waals surface area (Å²) in [7, 11) is -1.71. The molecule has 1 fully saturated rings. The van der Waals surface area contributed by atoms with Crippen molar-refractivity contribution in [1.82, 2.24) is 4.31 Å². The monoisotopic (exact) mass is 327 g/mol. The molecule has 124 valence electrons. The molecule has 22 heavy (non-hydrogen) atoms. The maximum absolute atomic E-state index is 12.6. The molecule has 0 N–H and O–H groups in total. The summed E-state index contributed by atoms with van der Waals surface area (Å²) in [6, 6.07) is 7.04. The van der Waals surface area contributed by atoms with Gasteiger partial charge in [0.1, 0.15) is 0 Å². The Kier molecular flexibility index (Phi) is 6.37. The first-order valence-corrected chi connectivity index (χ1v) is 9.11. The lowest BCUT2D eigenvalue weighted by Gasteiger charge is -2.31. The van der Waals surface area contributed by atoms with E-state index >= 15 is 0 Å². The van der Waals surface area contributed by atoms with E-state index in [-0.39, 0.29) is 0 Å². The average Bonchev–Trinajstić information content (AvgIpc) is 2.52. The van der Waals surface area contributed by atoms with Gasteiger partial charge in [0.15, 0.2) is 0 Å². The van der Waals surface area contributed by atoms with E-state index in [0.29, 0.717) is 43.7 Å². The van der Waals surface area contributed by atoms with Gasteiger partial charge in [0, 0.05) is 26.8 Å². The number of piperidine rings is 1. The lowest BCUT2D eigenvalue weighted by Crippen LogP contribution is -2.39. The van der Waals surface area contributed by atoms with E-state index in [1.165, 1.54) is 0 Å². The molecular formula is C16H25NO4S. The number of methoxy groups -OCH3 is 1. The zero-order valence-electron chi connectivity index (χ0n) is 13.3. The van der Waals surface area contributed by atoms with Crippen molar-refractivity contribution in [3.05, 3.63) is 29.8 Å². The van der Waals surface area contributed by atoms with Gasteiger partial charge in [-0.25, -0.2) is 8.42 Å². The third-order valence-electron chi connectivity index (χ3n) is 4.02. The molecule has 1 aromatic carbocycles. The number of ether oxygens (including phenoxy) is 2. The van der Waals surface area contributed by atoms with Crippen LogP contribution in [0.3, 0.4) is 0 Å². The Morgan fingerprint density at radius 1 is 1.14 bits per heavy atom. The Hall–Kier alpha value is -0.950. The molecule has 0 aromatic heterocycles. The highest BCUT2D eigenvalue weighted by Crippen LogP contribution is 2.24. The minimum Gasteiger partial charge on any atom is -0.382 e. The molecule has 1 saturated heterocycles. The van der Waals surface area contributed by atoms with Gasteiger partial charge in [0.05, 0.1) is 18.1 Å². The van der Waals surface area contributed by atoms with Crippen LogP contribution in [-0.2, 0) is 19.5 Å². The standard InChI is InChI=1S/C16H25NO4S/c1-14-3-5-16(6-4-14)22(18,19)17-9-7-15(8-10-17)13-21-12-11-20-2/h3-6,15H,7-13H2,1-2H3. The molecule has 1 aromatic rings. The van der Waals surface area contributed by atoms with Crippen LogP contribution in [-0.4, -0.2) is 52.7 Å². The molecule has 0 radical (unpaired) electrons. The quantitative estimate of drug-likeness (QED) is 0.719. The summed E-state index contributed by atoms with van der Waals surface area (Å²) in [6.45, 7) is 4.95. The largest absolute Gasteiger partial charge is 0.382 e. The summed E-state index contributed by atoms with van der Waals surface area (Å²) in [5.74, 6) is 0.432. The van der Waals surface area contributed by atoms with Crippen LogP contribution in [0.5, 0.6) is 0 Å². The highest BCUT2D eigenvalue weighted by atomic mass is 32.2. The Morgan fingerprint density at radius 2 is 1.77 bits per heavy atom. The van der Waals surface area contributed by atoms with Gasteiger partial charge >= 0.3 is 0 Å². The van der Waals surface area contributed by atoms with Crippen molar-refractivity contribution in [2.24, 2.45) is 5.92 Å². The van der Waals surface area contributed by atoms with Crippen LogP contribution in [0.1, 0.15) is 18.4 Å². The summed E-state index contributed by atoms with van der Waals surface area (Å²) in [4.78, 5) is 0.382. The fourth-order valence-corrected chi connectivity index (χ4v) is 4.04. The molecule has 0 saturated carbocycles. The average molecular weight is 327 g/mol. The number of hydrogen-bond acceptors (Lipinski definition) is 4. The molecule has 1 heterocycles. The van der Waals surface area contributed by atoms with Gasteiger partial charge in [-0.15, -0.1) is 0 Å². The van der Waals surface area contributed by atoms with Gasteiger partial charge in [-0.2, -0.15) is 4.31 Å². The Balaban J connectivity index is 1.86. The van der Waals surface area contributed by atoms with Gasteiger partial charge in [-0.05, 0) is 37.8 Å². The van der Waals surface area contributed by atoms with Crippen LogP contribution in [0.4, 0.5) is 0 Å². The molecule has 0 atom stereocenters. The van der Waals surface area contributed by atoms with Crippen molar-refractivity contribution in [1.29, 1.82) is 0 Å². The zero-order chi connectivity index (χ0) is 16.0. The number of nitrogens with zero attached hydrogens (tertiary/aromatic N) is 1. The van der Waals surface area contributed by atoms with Crippen molar-refractivity contribution in [2.45, 2.75) is 24.7 Å². The number of aryl methyl sites for hydroxylation is 1. The van der Waals surface area contributed by atoms with Gasteiger partial charge in [0.2, 0.25) is 10.0 Å². The molecule has 0 spiro atoms. The summed E-state index contributed by atoms with van der Waals surface area (Å²) in [6.07, 6.45) is 1.69. The third-order valence-corrected chi connectivity index (χ3v) is 5.93. The fourth-order valence-electron chi connectivity index (χ4n) is 2.57. The molecule has 1 aliphatic rings. The first-order valence-electron chi connectivity index (χ1n) is 7.67.